The van der Waals surface area contributed by atoms with Crippen LogP contribution in [0.1, 0.15) is 41.0 Å². The molecule has 0 aromatic heterocycles. The molecule has 0 aromatic rings. The summed E-state index contributed by atoms with van der Waals surface area (Å²) in [4.78, 5) is 22.9. The Morgan fingerprint density at radius 1 is 1.30 bits per heavy atom. The molecule has 0 fully saturated rings. The lowest BCUT2D eigenvalue weighted by atomic mass is 9.84. The molecule has 0 rings (SSSR count). The first kappa shape index (κ1) is 19.1. The van der Waals surface area contributed by atoms with Gasteiger partial charge in [-0.25, -0.2) is 4.79 Å². The molecule has 0 radical (unpaired) electrons. The minimum absolute atomic E-state index is 0.0749. The van der Waals surface area contributed by atoms with Crippen LogP contribution in [-0.2, 0) is 4.79 Å². The molecular formula is C14H28N2O3S. The molecule has 118 valence electrons. The van der Waals surface area contributed by atoms with Crippen molar-refractivity contribution in [3.8, 4) is 0 Å². The quantitative estimate of drug-likeness (QED) is 0.644. The predicted octanol–water partition coefficient (Wildman–Crippen LogP) is 2.56. The van der Waals surface area contributed by atoms with Crippen molar-refractivity contribution >= 4 is 23.8 Å². The fraction of sp³-hybridized carbons (Fsp3) is 0.857. The van der Waals surface area contributed by atoms with Crippen molar-refractivity contribution in [2.45, 2.75) is 47.1 Å². The van der Waals surface area contributed by atoms with Gasteiger partial charge in [0.1, 0.15) is 0 Å². The van der Waals surface area contributed by atoms with E-state index in [0.717, 1.165) is 11.5 Å². The molecule has 0 aromatic carbocycles. The fourth-order valence-electron chi connectivity index (χ4n) is 1.81. The van der Waals surface area contributed by atoms with Gasteiger partial charge in [0.25, 0.3) is 0 Å². The van der Waals surface area contributed by atoms with Crippen LogP contribution in [0.4, 0.5) is 4.79 Å². The Bertz CT molecular complexity index is 316. The van der Waals surface area contributed by atoms with Crippen LogP contribution in [0.25, 0.3) is 0 Å². The molecule has 2 amide bonds. The maximum absolute atomic E-state index is 11.7. The summed E-state index contributed by atoms with van der Waals surface area (Å²) in [5, 5.41) is 14.6. The van der Waals surface area contributed by atoms with Crippen molar-refractivity contribution in [3.05, 3.63) is 0 Å². The number of carbonyl (C=O) groups excluding carboxylic acids is 1. The lowest BCUT2D eigenvalue weighted by Crippen LogP contribution is -2.44. The van der Waals surface area contributed by atoms with Crippen LogP contribution < -0.4 is 10.6 Å². The molecule has 2 unspecified atom stereocenters. The van der Waals surface area contributed by atoms with Crippen LogP contribution >= 0.6 is 11.8 Å². The van der Waals surface area contributed by atoms with Gasteiger partial charge in [-0.3, -0.25) is 4.79 Å². The molecule has 0 heterocycles. The molecule has 0 spiro atoms. The largest absolute Gasteiger partial charge is 0.481 e. The summed E-state index contributed by atoms with van der Waals surface area (Å²) >= 11 is 1.76. The van der Waals surface area contributed by atoms with Crippen LogP contribution in [0, 0.1) is 11.3 Å². The number of carbonyl (C=O) groups is 2. The number of rotatable bonds is 8. The van der Waals surface area contributed by atoms with Crippen molar-refractivity contribution in [2.75, 3.05) is 18.1 Å². The number of aliphatic carboxylic acids is 1. The zero-order chi connectivity index (χ0) is 15.8. The topological polar surface area (TPSA) is 78.4 Å². The van der Waals surface area contributed by atoms with Crippen LogP contribution in [0.2, 0.25) is 0 Å². The molecule has 6 heteroatoms. The maximum atomic E-state index is 11.7. The highest BCUT2D eigenvalue weighted by Gasteiger charge is 2.25. The lowest BCUT2D eigenvalue weighted by Gasteiger charge is -2.23. The van der Waals surface area contributed by atoms with Crippen LogP contribution in [0.15, 0.2) is 0 Å². The van der Waals surface area contributed by atoms with E-state index in [4.69, 9.17) is 0 Å². The van der Waals surface area contributed by atoms with E-state index in [2.05, 4.69) is 17.6 Å². The summed E-state index contributed by atoms with van der Waals surface area (Å²) in [6.07, 6.45) is 0.532. The highest BCUT2D eigenvalue weighted by atomic mass is 32.2. The smallest absolute Gasteiger partial charge is 0.315 e. The normalized spacial score (nSPS) is 14.4. The number of urea groups is 1. The van der Waals surface area contributed by atoms with E-state index >= 15 is 0 Å². The summed E-state index contributed by atoms with van der Waals surface area (Å²) in [7, 11) is 0. The average molecular weight is 304 g/mol. The third-order valence-electron chi connectivity index (χ3n) is 2.67. The number of carboxylic acid groups (broad SMARTS) is 1. The Morgan fingerprint density at radius 3 is 2.35 bits per heavy atom. The molecule has 3 N–H and O–H groups in total. The molecule has 0 bridgehead atoms. The van der Waals surface area contributed by atoms with Gasteiger partial charge in [-0.1, -0.05) is 27.7 Å². The van der Waals surface area contributed by atoms with Crippen molar-refractivity contribution in [3.63, 3.8) is 0 Å². The Labute approximate surface area is 126 Å². The van der Waals surface area contributed by atoms with E-state index in [0.29, 0.717) is 6.42 Å². The van der Waals surface area contributed by atoms with Gasteiger partial charge >= 0.3 is 12.0 Å². The van der Waals surface area contributed by atoms with Crippen LogP contribution in [-0.4, -0.2) is 41.2 Å². The number of carboxylic acids is 1. The number of thioether (sulfide) groups is 1. The van der Waals surface area contributed by atoms with Crippen molar-refractivity contribution < 1.29 is 14.7 Å². The molecule has 2 atom stereocenters. The summed E-state index contributed by atoms with van der Waals surface area (Å²) in [5.41, 5.74) is -0.0771. The van der Waals surface area contributed by atoms with Crippen LogP contribution in [0.5, 0.6) is 0 Å². The summed E-state index contributed by atoms with van der Waals surface area (Å²) in [6.45, 7) is 10.1. The molecule has 0 saturated heterocycles. The second-order valence-electron chi connectivity index (χ2n) is 6.21. The summed E-state index contributed by atoms with van der Waals surface area (Å²) in [6, 6.07) is -0.222. The Morgan fingerprint density at radius 2 is 1.90 bits per heavy atom. The monoisotopic (exact) mass is 304 g/mol. The van der Waals surface area contributed by atoms with Gasteiger partial charge in [0, 0.05) is 18.3 Å². The van der Waals surface area contributed by atoms with Crippen molar-refractivity contribution in [2.24, 2.45) is 11.3 Å². The molecular weight excluding hydrogens is 276 g/mol. The number of nitrogens with one attached hydrogen (secondary N) is 2. The standard InChI is InChI=1S/C14H28N2O3S/c1-6-20-9-10(2)16-13(19)15-8-11(12(17)18)7-14(3,4)5/h10-11H,6-9H2,1-5H3,(H,17,18)(H2,15,16,19). The highest BCUT2D eigenvalue weighted by Crippen LogP contribution is 2.24. The van der Waals surface area contributed by atoms with Gasteiger partial charge in [0.2, 0.25) is 0 Å². The van der Waals surface area contributed by atoms with Gasteiger partial charge in [-0.15, -0.1) is 0 Å². The zero-order valence-corrected chi connectivity index (χ0v) is 14.0. The lowest BCUT2D eigenvalue weighted by molar-refractivity contribution is -0.142. The number of hydrogen-bond donors (Lipinski definition) is 3. The highest BCUT2D eigenvalue weighted by molar-refractivity contribution is 7.99. The maximum Gasteiger partial charge on any atom is 0.315 e. The van der Waals surface area contributed by atoms with Crippen molar-refractivity contribution in [1.82, 2.24) is 10.6 Å². The van der Waals surface area contributed by atoms with E-state index in [1.54, 1.807) is 11.8 Å². The van der Waals surface area contributed by atoms with E-state index in [1.807, 2.05) is 27.7 Å². The van der Waals surface area contributed by atoms with E-state index in [-0.39, 0.29) is 24.0 Å². The molecule has 5 nitrogen and oxygen atoms in total. The van der Waals surface area contributed by atoms with Gasteiger partial charge in [-0.05, 0) is 24.5 Å². The van der Waals surface area contributed by atoms with Gasteiger partial charge in [-0.2, -0.15) is 11.8 Å². The fourth-order valence-corrected chi connectivity index (χ4v) is 2.49. The SMILES string of the molecule is CCSCC(C)NC(=O)NCC(CC(C)(C)C)C(=O)O. The second kappa shape index (κ2) is 9.10. The first-order valence-electron chi connectivity index (χ1n) is 7.00. The first-order valence-corrected chi connectivity index (χ1v) is 8.16. The first-order chi connectivity index (χ1) is 9.15. The molecule has 0 aliphatic heterocycles. The van der Waals surface area contributed by atoms with Crippen LogP contribution in [0.3, 0.4) is 0 Å². The molecule has 0 aliphatic carbocycles. The minimum atomic E-state index is -0.866. The van der Waals surface area contributed by atoms with Gasteiger partial charge in [0.15, 0.2) is 0 Å². The Kier molecular flexibility index (Phi) is 8.69. The van der Waals surface area contributed by atoms with Gasteiger partial charge in [0.05, 0.1) is 5.92 Å². The van der Waals surface area contributed by atoms with Gasteiger partial charge < -0.3 is 15.7 Å². The molecule has 0 aliphatic rings. The Hall–Kier alpha value is -0.910. The van der Waals surface area contributed by atoms with E-state index < -0.39 is 11.9 Å². The molecule has 20 heavy (non-hydrogen) atoms. The van der Waals surface area contributed by atoms with E-state index in [9.17, 15) is 14.7 Å². The minimum Gasteiger partial charge on any atom is -0.481 e. The predicted molar refractivity (Wildman–Crippen MR) is 84.2 cm³/mol. The third kappa shape index (κ3) is 9.95. The number of amides is 2. The van der Waals surface area contributed by atoms with E-state index in [1.165, 1.54) is 0 Å². The Balaban J connectivity index is 4.15. The zero-order valence-electron chi connectivity index (χ0n) is 13.2. The summed E-state index contributed by atoms with van der Waals surface area (Å²) in [5.74, 6) is 0.449. The average Bonchev–Trinajstić information content (AvgIpc) is 2.30. The van der Waals surface area contributed by atoms with Crippen molar-refractivity contribution in [1.29, 1.82) is 0 Å². The summed E-state index contributed by atoms with van der Waals surface area (Å²) < 4.78 is 0. The second-order valence-corrected chi connectivity index (χ2v) is 7.53. The molecule has 0 saturated carbocycles. The number of hydrogen-bond acceptors (Lipinski definition) is 3. The third-order valence-corrected chi connectivity index (χ3v) is 3.81.